The van der Waals surface area contributed by atoms with Crippen molar-refractivity contribution in [1.82, 2.24) is 29.9 Å². The van der Waals surface area contributed by atoms with Crippen molar-refractivity contribution >= 4 is 22.8 Å². The minimum Gasteiger partial charge on any atom is -0.338 e. The predicted octanol–water partition coefficient (Wildman–Crippen LogP) is 3.59. The van der Waals surface area contributed by atoms with Crippen molar-refractivity contribution in [1.29, 1.82) is 0 Å². The van der Waals surface area contributed by atoms with E-state index in [2.05, 4.69) is 25.3 Å². The van der Waals surface area contributed by atoms with Gasteiger partial charge in [-0.3, -0.25) is 14.5 Å². The Morgan fingerprint density at radius 1 is 1.07 bits per heavy atom. The van der Waals surface area contributed by atoms with Crippen LogP contribution in [0.25, 0.3) is 28.1 Å². The van der Waals surface area contributed by atoms with Gasteiger partial charge in [-0.25, -0.2) is 9.37 Å². The predicted molar refractivity (Wildman–Crippen MR) is 109 cm³/mol. The number of hydrogen-bond donors (Lipinski definition) is 1. The molecule has 148 valence electrons. The molecule has 5 aromatic rings. The fourth-order valence-electron chi connectivity index (χ4n) is 2.93. The summed E-state index contributed by atoms with van der Waals surface area (Å²) in [5.41, 5.74) is 1.53. The Morgan fingerprint density at radius 3 is 2.67 bits per heavy atom. The topological polar surface area (TPSA) is 102 Å². The second-order valence-electron chi connectivity index (χ2n) is 6.31. The zero-order chi connectivity index (χ0) is 20.5. The molecule has 0 spiro atoms. The number of halogens is 1. The third-order valence-corrected chi connectivity index (χ3v) is 5.28. The van der Waals surface area contributed by atoms with Crippen LogP contribution in [-0.4, -0.2) is 29.9 Å². The molecule has 5 rings (SSSR count). The maximum atomic E-state index is 13.1. The molecule has 8 nitrogen and oxygen atoms in total. The molecule has 3 aromatic heterocycles. The third-order valence-electron chi connectivity index (χ3n) is 4.36. The lowest BCUT2D eigenvalue weighted by Gasteiger charge is -2.10. The number of hydrogen-bond acceptors (Lipinski definition) is 7. The lowest BCUT2D eigenvalue weighted by Crippen LogP contribution is -2.21. The van der Waals surface area contributed by atoms with Crippen molar-refractivity contribution < 1.29 is 8.91 Å². The maximum Gasteiger partial charge on any atom is 0.269 e. The molecule has 0 saturated carbocycles. The Labute approximate surface area is 172 Å². The Morgan fingerprint density at radius 2 is 1.87 bits per heavy atom. The van der Waals surface area contributed by atoms with Gasteiger partial charge in [-0.15, -0.1) is 0 Å². The summed E-state index contributed by atoms with van der Waals surface area (Å²) in [6, 6.07) is 15.1. The largest absolute Gasteiger partial charge is 0.338 e. The average molecular weight is 420 g/mol. The zero-order valence-corrected chi connectivity index (χ0v) is 16.1. The van der Waals surface area contributed by atoms with E-state index in [1.165, 1.54) is 34.7 Å². The molecule has 0 aliphatic rings. The standard InChI is InChI=1S/C20H13FN6O2S/c21-13-8-6-12(7-9-13)17-23-16(29-26-17)11-30-20-24-18-15(10-22-25-18)19(28)27(20)14-4-2-1-3-5-14/h1-10H,11H2,(H,22,25). The number of nitrogens with zero attached hydrogens (tertiary/aromatic N) is 5. The molecular weight excluding hydrogens is 407 g/mol. The maximum absolute atomic E-state index is 13.1. The monoisotopic (exact) mass is 420 g/mol. The van der Waals surface area contributed by atoms with Gasteiger partial charge in [0.25, 0.3) is 5.56 Å². The van der Waals surface area contributed by atoms with E-state index in [0.29, 0.717) is 44.9 Å². The van der Waals surface area contributed by atoms with Gasteiger partial charge in [-0.2, -0.15) is 10.1 Å². The van der Waals surface area contributed by atoms with Crippen molar-refractivity contribution in [3.63, 3.8) is 0 Å². The molecule has 1 N–H and O–H groups in total. The SMILES string of the molecule is O=c1c2cn[nH]c2nc(SCc2nc(-c3ccc(F)cc3)no2)n1-c1ccccc1. The molecule has 0 radical (unpaired) electrons. The summed E-state index contributed by atoms with van der Waals surface area (Å²) in [5.74, 6) is 0.686. The second-order valence-corrected chi connectivity index (χ2v) is 7.25. The molecule has 3 heterocycles. The van der Waals surface area contributed by atoms with E-state index in [1.807, 2.05) is 30.3 Å². The minimum atomic E-state index is -0.336. The van der Waals surface area contributed by atoms with Crippen LogP contribution in [0.1, 0.15) is 5.89 Å². The van der Waals surface area contributed by atoms with Crippen LogP contribution in [0.2, 0.25) is 0 Å². The molecule has 0 fully saturated rings. The zero-order valence-electron chi connectivity index (χ0n) is 15.3. The highest BCUT2D eigenvalue weighted by atomic mass is 32.2. The van der Waals surface area contributed by atoms with E-state index >= 15 is 0 Å². The summed E-state index contributed by atoms with van der Waals surface area (Å²) < 4.78 is 19.9. The first-order chi connectivity index (χ1) is 14.7. The van der Waals surface area contributed by atoms with Crippen LogP contribution in [0.15, 0.2) is 75.3 Å². The van der Waals surface area contributed by atoms with E-state index in [0.717, 1.165) is 0 Å². The van der Waals surface area contributed by atoms with E-state index in [-0.39, 0.29) is 11.4 Å². The van der Waals surface area contributed by atoms with Crippen LogP contribution in [0.3, 0.4) is 0 Å². The second kappa shape index (κ2) is 7.56. The smallest absolute Gasteiger partial charge is 0.269 e. The summed E-state index contributed by atoms with van der Waals surface area (Å²) in [4.78, 5) is 21.9. The van der Waals surface area contributed by atoms with Crippen molar-refractivity contribution in [3.05, 3.63) is 82.9 Å². The van der Waals surface area contributed by atoms with Gasteiger partial charge in [0.05, 0.1) is 17.6 Å². The van der Waals surface area contributed by atoms with Crippen molar-refractivity contribution in [3.8, 4) is 17.1 Å². The number of aromatic amines is 1. The molecule has 30 heavy (non-hydrogen) atoms. The minimum absolute atomic E-state index is 0.222. The number of thioether (sulfide) groups is 1. The van der Waals surface area contributed by atoms with Crippen LogP contribution >= 0.6 is 11.8 Å². The van der Waals surface area contributed by atoms with Gasteiger partial charge in [-0.05, 0) is 36.4 Å². The number of benzene rings is 2. The lowest BCUT2D eigenvalue weighted by atomic mass is 10.2. The van der Waals surface area contributed by atoms with Crippen LogP contribution in [0.5, 0.6) is 0 Å². The van der Waals surface area contributed by atoms with Gasteiger partial charge in [0.1, 0.15) is 11.2 Å². The molecule has 0 aliphatic heterocycles. The molecule has 2 aromatic carbocycles. The van der Waals surface area contributed by atoms with Gasteiger partial charge >= 0.3 is 0 Å². The summed E-state index contributed by atoms with van der Waals surface area (Å²) in [6.07, 6.45) is 1.46. The molecule has 10 heteroatoms. The first-order valence-electron chi connectivity index (χ1n) is 8.92. The summed E-state index contributed by atoms with van der Waals surface area (Å²) in [5, 5.41) is 11.5. The fourth-order valence-corrected chi connectivity index (χ4v) is 3.77. The van der Waals surface area contributed by atoms with Crippen molar-refractivity contribution in [2.24, 2.45) is 0 Å². The van der Waals surface area contributed by atoms with Gasteiger partial charge < -0.3 is 4.52 Å². The quantitative estimate of drug-likeness (QED) is 0.342. The van der Waals surface area contributed by atoms with Gasteiger partial charge in [-0.1, -0.05) is 35.1 Å². The lowest BCUT2D eigenvalue weighted by molar-refractivity contribution is 0.391. The van der Waals surface area contributed by atoms with Crippen molar-refractivity contribution in [2.75, 3.05) is 0 Å². The van der Waals surface area contributed by atoms with Gasteiger partial charge in [0.2, 0.25) is 11.7 Å². The van der Waals surface area contributed by atoms with Crippen LogP contribution in [0.4, 0.5) is 4.39 Å². The number of rotatable bonds is 5. The number of H-pyrrole nitrogens is 1. The number of nitrogens with one attached hydrogen (secondary N) is 1. The third kappa shape index (κ3) is 3.37. The van der Waals surface area contributed by atoms with E-state index in [1.54, 1.807) is 12.1 Å². The van der Waals surface area contributed by atoms with Crippen LogP contribution < -0.4 is 5.56 Å². The Hall–Kier alpha value is -3.79. The Kier molecular flexibility index (Phi) is 4.60. The van der Waals surface area contributed by atoms with E-state index < -0.39 is 0 Å². The summed E-state index contributed by atoms with van der Waals surface area (Å²) in [6.45, 7) is 0. The molecule has 0 atom stereocenters. The van der Waals surface area contributed by atoms with Crippen molar-refractivity contribution in [2.45, 2.75) is 10.9 Å². The number of aromatic nitrogens is 6. The molecular formula is C20H13FN6O2S. The molecule has 0 unspecified atom stereocenters. The highest BCUT2D eigenvalue weighted by Gasteiger charge is 2.16. The number of para-hydroxylation sites is 1. The normalized spacial score (nSPS) is 11.2. The van der Waals surface area contributed by atoms with Crippen LogP contribution in [0, 0.1) is 5.82 Å². The molecule has 0 aliphatic carbocycles. The van der Waals surface area contributed by atoms with E-state index in [9.17, 15) is 9.18 Å². The fraction of sp³-hybridized carbons (Fsp3) is 0.0500. The van der Waals surface area contributed by atoms with Gasteiger partial charge in [0.15, 0.2) is 10.8 Å². The first kappa shape index (κ1) is 18.3. The van der Waals surface area contributed by atoms with Gasteiger partial charge in [0, 0.05) is 5.56 Å². The summed E-state index contributed by atoms with van der Waals surface area (Å²) in [7, 11) is 0. The average Bonchev–Trinajstić information content (AvgIpc) is 3.43. The van der Waals surface area contributed by atoms with E-state index in [4.69, 9.17) is 4.52 Å². The molecule has 0 bridgehead atoms. The Balaban J connectivity index is 1.47. The molecule has 0 amide bonds. The Bertz CT molecular complexity index is 1380. The highest BCUT2D eigenvalue weighted by Crippen LogP contribution is 2.25. The number of fused-ring (bicyclic) bond motifs is 1. The summed E-state index contributed by atoms with van der Waals surface area (Å²) >= 11 is 1.29. The first-order valence-corrected chi connectivity index (χ1v) is 9.90. The molecule has 0 saturated heterocycles. The highest BCUT2D eigenvalue weighted by molar-refractivity contribution is 7.98. The van der Waals surface area contributed by atoms with Crippen LogP contribution in [-0.2, 0) is 5.75 Å².